The van der Waals surface area contributed by atoms with Gasteiger partial charge in [0.1, 0.15) is 0 Å². The second kappa shape index (κ2) is 6.50. The molecule has 1 aliphatic heterocycles. The zero-order chi connectivity index (χ0) is 15.5. The molecule has 0 bridgehead atoms. The molecule has 1 aromatic carbocycles. The normalized spacial score (nSPS) is 27.8. The molecule has 0 amide bonds. The Kier molecular flexibility index (Phi) is 5.11. The number of rotatable bonds is 5. The molecule has 0 radical (unpaired) electrons. The molecule has 1 saturated heterocycles. The highest BCUT2D eigenvalue weighted by Gasteiger charge is 2.43. The summed E-state index contributed by atoms with van der Waals surface area (Å²) in [4.78, 5) is 2.77. The molecule has 1 heterocycles. The van der Waals surface area contributed by atoms with Crippen LogP contribution in [0.4, 0.5) is 0 Å². The third-order valence-corrected chi connectivity index (χ3v) is 5.80. The number of piperazine rings is 1. The Morgan fingerprint density at radius 3 is 2.24 bits per heavy atom. The lowest BCUT2D eigenvalue weighted by Crippen LogP contribution is -2.66. The summed E-state index contributed by atoms with van der Waals surface area (Å²) in [5.74, 6) is 0. The standard InChI is InChI=1S/C19H32N2/c1-6-19(7-2,8-3)21-15-18(5,20-14-16(21)4)17-12-10-9-11-13-17/h9-13,16,20H,6-8,14-15H2,1-5H3. The average molecular weight is 288 g/mol. The molecule has 2 rings (SSSR count). The van der Waals surface area contributed by atoms with Crippen LogP contribution < -0.4 is 5.32 Å². The highest BCUT2D eigenvalue weighted by Crippen LogP contribution is 2.36. The van der Waals surface area contributed by atoms with Gasteiger partial charge in [0.2, 0.25) is 0 Å². The smallest absolute Gasteiger partial charge is 0.0535 e. The van der Waals surface area contributed by atoms with Crippen LogP contribution in [0.2, 0.25) is 0 Å². The van der Waals surface area contributed by atoms with Crippen LogP contribution in [0.1, 0.15) is 59.4 Å². The summed E-state index contributed by atoms with van der Waals surface area (Å²) in [6.45, 7) is 13.9. The molecule has 21 heavy (non-hydrogen) atoms. The summed E-state index contributed by atoms with van der Waals surface area (Å²) < 4.78 is 0. The third kappa shape index (κ3) is 3.02. The lowest BCUT2D eigenvalue weighted by Gasteiger charge is -2.54. The van der Waals surface area contributed by atoms with Crippen LogP contribution in [0.3, 0.4) is 0 Å². The molecule has 0 saturated carbocycles. The Morgan fingerprint density at radius 2 is 1.71 bits per heavy atom. The van der Waals surface area contributed by atoms with Crippen LogP contribution in [0.25, 0.3) is 0 Å². The number of hydrogen-bond acceptors (Lipinski definition) is 2. The van der Waals surface area contributed by atoms with Crippen LogP contribution in [-0.4, -0.2) is 29.6 Å². The molecule has 0 aromatic heterocycles. The molecule has 2 unspecified atom stereocenters. The van der Waals surface area contributed by atoms with Crippen molar-refractivity contribution in [3.8, 4) is 0 Å². The number of nitrogens with one attached hydrogen (secondary N) is 1. The maximum atomic E-state index is 3.79. The highest BCUT2D eigenvalue weighted by molar-refractivity contribution is 5.25. The van der Waals surface area contributed by atoms with Gasteiger partial charge in [-0.3, -0.25) is 4.90 Å². The number of nitrogens with zero attached hydrogens (tertiary/aromatic N) is 1. The van der Waals surface area contributed by atoms with Crippen molar-refractivity contribution in [1.82, 2.24) is 10.2 Å². The number of hydrogen-bond donors (Lipinski definition) is 1. The van der Waals surface area contributed by atoms with E-state index in [9.17, 15) is 0 Å². The second-order valence-electron chi connectivity index (χ2n) is 6.84. The van der Waals surface area contributed by atoms with E-state index in [0.29, 0.717) is 11.6 Å². The fourth-order valence-corrected chi connectivity index (χ4v) is 4.03. The van der Waals surface area contributed by atoms with Gasteiger partial charge in [0, 0.05) is 24.7 Å². The molecule has 1 aromatic rings. The molecule has 2 atom stereocenters. The van der Waals surface area contributed by atoms with E-state index in [1.54, 1.807) is 0 Å². The monoisotopic (exact) mass is 288 g/mol. The van der Waals surface area contributed by atoms with E-state index in [1.807, 2.05) is 0 Å². The lowest BCUT2D eigenvalue weighted by molar-refractivity contribution is -0.0164. The fourth-order valence-electron chi connectivity index (χ4n) is 4.03. The van der Waals surface area contributed by atoms with Gasteiger partial charge in [0.15, 0.2) is 0 Å². The van der Waals surface area contributed by atoms with Crippen LogP contribution in [0, 0.1) is 0 Å². The summed E-state index contributed by atoms with van der Waals surface area (Å²) in [7, 11) is 0. The first-order valence-corrected chi connectivity index (χ1v) is 8.58. The Balaban J connectivity index is 2.31. The summed E-state index contributed by atoms with van der Waals surface area (Å²) in [5.41, 5.74) is 1.80. The molecule has 2 heteroatoms. The average Bonchev–Trinajstić information content (AvgIpc) is 2.54. The zero-order valence-electron chi connectivity index (χ0n) is 14.4. The Bertz CT molecular complexity index is 430. The quantitative estimate of drug-likeness (QED) is 0.875. The molecule has 0 spiro atoms. The zero-order valence-corrected chi connectivity index (χ0v) is 14.4. The molecule has 1 aliphatic rings. The van der Waals surface area contributed by atoms with Crippen LogP contribution in [-0.2, 0) is 5.54 Å². The molecule has 2 nitrogen and oxygen atoms in total. The predicted octanol–water partition coefficient (Wildman–Crippen LogP) is 4.16. The SMILES string of the molecule is CCC(CC)(CC)N1CC(C)(c2ccccc2)NCC1C. The molecule has 118 valence electrons. The van der Waals surface area contributed by atoms with E-state index >= 15 is 0 Å². The van der Waals surface area contributed by atoms with E-state index in [2.05, 4.69) is 75.2 Å². The van der Waals surface area contributed by atoms with Crippen molar-refractivity contribution in [2.24, 2.45) is 0 Å². The largest absolute Gasteiger partial charge is 0.305 e. The van der Waals surface area contributed by atoms with E-state index in [4.69, 9.17) is 0 Å². The van der Waals surface area contributed by atoms with Gasteiger partial charge in [-0.15, -0.1) is 0 Å². The predicted molar refractivity (Wildman–Crippen MR) is 91.6 cm³/mol. The van der Waals surface area contributed by atoms with Gasteiger partial charge in [-0.2, -0.15) is 0 Å². The van der Waals surface area contributed by atoms with Gasteiger partial charge >= 0.3 is 0 Å². The molecule has 0 aliphatic carbocycles. The van der Waals surface area contributed by atoms with Crippen molar-refractivity contribution >= 4 is 0 Å². The van der Waals surface area contributed by atoms with Crippen molar-refractivity contribution in [2.75, 3.05) is 13.1 Å². The van der Waals surface area contributed by atoms with Crippen LogP contribution in [0.15, 0.2) is 30.3 Å². The van der Waals surface area contributed by atoms with Crippen molar-refractivity contribution < 1.29 is 0 Å². The van der Waals surface area contributed by atoms with Gasteiger partial charge in [-0.05, 0) is 38.7 Å². The Morgan fingerprint density at radius 1 is 1.14 bits per heavy atom. The second-order valence-corrected chi connectivity index (χ2v) is 6.84. The van der Waals surface area contributed by atoms with E-state index < -0.39 is 0 Å². The summed E-state index contributed by atoms with van der Waals surface area (Å²) >= 11 is 0. The minimum atomic E-state index is 0.0541. The fraction of sp³-hybridized carbons (Fsp3) is 0.684. The third-order valence-electron chi connectivity index (χ3n) is 5.80. The molecule has 1 N–H and O–H groups in total. The first-order chi connectivity index (χ1) is 10.0. The maximum absolute atomic E-state index is 3.79. The van der Waals surface area contributed by atoms with Crippen molar-refractivity contribution in [3.63, 3.8) is 0 Å². The summed E-state index contributed by atoms with van der Waals surface area (Å²) in [6, 6.07) is 11.5. The minimum Gasteiger partial charge on any atom is -0.305 e. The first-order valence-electron chi connectivity index (χ1n) is 8.58. The summed E-state index contributed by atoms with van der Waals surface area (Å²) in [5, 5.41) is 3.79. The lowest BCUT2D eigenvalue weighted by atomic mass is 9.81. The summed E-state index contributed by atoms with van der Waals surface area (Å²) in [6.07, 6.45) is 3.69. The topological polar surface area (TPSA) is 15.3 Å². The first kappa shape index (κ1) is 16.5. The minimum absolute atomic E-state index is 0.0541. The van der Waals surface area contributed by atoms with Crippen molar-refractivity contribution in [1.29, 1.82) is 0 Å². The van der Waals surface area contributed by atoms with Gasteiger partial charge < -0.3 is 5.32 Å². The van der Waals surface area contributed by atoms with Gasteiger partial charge in [-0.1, -0.05) is 51.1 Å². The molecular formula is C19H32N2. The van der Waals surface area contributed by atoms with E-state index in [0.717, 1.165) is 13.1 Å². The van der Waals surface area contributed by atoms with E-state index in [-0.39, 0.29) is 5.54 Å². The van der Waals surface area contributed by atoms with Gasteiger partial charge in [0.25, 0.3) is 0 Å². The van der Waals surface area contributed by atoms with Gasteiger partial charge in [0.05, 0.1) is 5.54 Å². The number of benzene rings is 1. The molecule has 1 fully saturated rings. The van der Waals surface area contributed by atoms with E-state index in [1.165, 1.54) is 24.8 Å². The van der Waals surface area contributed by atoms with Crippen molar-refractivity contribution in [3.05, 3.63) is 35.9 Å². The Labute approximate surface area is 130 Å². The van der Waals surface area contributed by atoms with Crippen LogP contribution in [0.5, 0.6) is 0 Å². The maximum Gasteiger partial charge on any atom is 0.0535 e. The van der Waals surface area contributed by atoms with Crippen LogP contribution >= 0.6 is 0 Å². The van der Waals surface area contributed by atoms with Gasteiger partial charge in [-0.25, -0.2) is 0 Å². The Hall–Kier alpha value is -0.860. The molecular weight excluding hydrogens is 256 g/mol. The highest BCUT2D eigenvalue weighted by atomic mass is 15.3. The van der Waals surface area contributed by atoms with Crippen molar-refractivity contribution in [2.45, 2.75) is 71.0 Å².